The first-order valence-corrected chi connectivity index (χ1v) is 26.3. The summed E-state index contributed by atoms with van der Waals surface area (Å²) in [6.45, 7) is 19.3. The molecule has 6 N–H and O–H groups in total. The Bertz CT molecular complexity index is 2870. The summed E-state index contributed by atoms with van der Waals surface area (Å²) < 4.78 is 18.6. The second-order valence-corrected chi connectivity index (χ2v) is 21.9. The standard InChI is InChI=1S/C57H74N6O11/c1-31(2)30-62-26-22-57(23-27-62)60-45-42-43-50(68)37(8)53-44(42)54(70)56(9,74-53)72-28-14-17-33(4)52(73-41(65)29-40(64)63-24-20-39(21-25-63)58-38-18-11-10-12-19-38)36(7)49(67)35(6)48(66)32(3)15-13-16-34(5)55(71)59-47(51(43)69)46(45)61-57/h10-16,18-19,28,31-33,35-36,39,48-49,52,58,60,66-69H,17,20-27,29-30H2,1-9H3/b15-13+,28-14+,34-16-,59-47?/t32-,33+,35+,36+,48-,49+,52+,56-/m0/s1. The third-order valence-corrected chi connectivity index (χ3v) is 15.8. The van der Waals surface area contributed by atoms with Crippen LogP contribution in [0.1, 0.15) is 110 Å². The number of hydrogen-bond donors (Lipinski definition) is 6. The zero-order chi connectivity index (χ0) is 53.4. The first-order valence-electron chi connectivity index (χ1n) is 26.3. The van der Waals surface area contributed by atoms with Crippen molar-refractivity contribution >= 4 is 45.7 Å². The Morgan fingerprint density at radius 3 is 2.30 bits per heavy atom. The minimum absolute atomic E-state index is 0.0552. The van der Waals surface area contributed by atoms with Crippen LogP contribution in [0, 0.1) is 36.5 Å². The van der Waals surface area contributed by atoms with Crippen LogP contribution in [0.2, 0.25) is 0 Å². The van der Waals surface area contributed by atoms with E-state index >= 15 is 0 Å². The Balaban J connectivity index is 1.11. The summed E-state index contributed by atoms with van der Waals surface area (Å²) in [5.74, 6) is -7.18. The van der Waals surface area contributed by atoms with Gasteiger partial charge in [-0.2, -0.15) is 0 Å². The number of Topliss-reactive ketones (excluding diaryl/α,β-unsaturated/α-hetero) is 1. The quantitative estimate of drug-likeness (QED) is 0.0833. The molecule has 3 aromatic rings. The number of para-hydroxylation sites is 1. The van der Waals surface area contributed by atoms with Crippen LogP contribution in [-0.2, 0) is 23.9 Å². The molecule has 0 aliphatic carbocycles. The van der Waals surface area contributed by atoms with Crippen LogP contribution in [0.4, 0.5) is 11.4 Å². The van der Waals surface area contributed by atoms with Gasteiger partial charge in [-0.1, -0.05) is 78.0 Å². The van der Waals surface area contributed by atoms with Gasteiger partial charge in [-0.25, -0.2) is 4.99 Å². The van der Waals surface area contributed by atoms with E-state index in [0.717, 1.165) is 12.2 Å². The number of nitrogens with zero attached hydrogens (tertiary/aromatic N) is 4. The number of aliphatic hydroxyl groups is 2. The average Bonchev–Trinajstić information content (AvgIpc) is 3.87. The number of carbonyl (C=O) groups is 4. The molecule has 6 heterocycles. The normalized spacial score (nSPS) is 29.4. The number of nitrogens with one attached hydrogen (secondary N) is 2. The van der Waals surface area contributed by atoms with Gasteiger partial charge in [0.2, 0.25) is 5.91 Å². The maximum atomic E-state index is 14.9. The van der Waals surface area contributed by atoms with E-state index in [4.69, 9.17) is 19.2 Å². The molecule has 398 valence electrons. The van der Waals surface area contributed by atoms with E-state index in [1.54, 1.807) is 57.7 Å². The van der Waals surface area contributed by atoms with E-state index in [1.807, 2.05) is 37.3 Å². The molecule has 17 heteroatoms. The number of carbonyl (C=O) groups excluding carboxylic acids is 4. The lowest BCUT2D eigenvalue weighted by Crippen LogP contribution is -2.47. The molecule has 2 fully saturated rings. The highest BCUT2D eigenvalue weighted by Gasteiger charge is 2.50. The molecule has 2 amide bonds. The first-order chi connectivity index (χ1) is 35.1. The van der Waals surface area contributed by atoms with E-state index in [-0.39, 0.29) is 68.1 Å². The molecular formula is C57H74N6O11. The van der Waals surface area contributed by atoms with Gasteiger partial charge in [-0.3, -0.25) is 24.2 Å². The van der Waals surface area contributed by atoms with Gasteiger partial charge in [0.1, 0.15) is 40.4 Å². The maximum absolute atomic E-state index is 14.9. The molecular weight excluding hydrogens is 945 g/mol. The number of allylic oxidation sites excluding steroid dienone is 3. The van der Waals surface area contributed by atoms with Gasteiger partial charge in [0.15, 0.2) is 5.75 Å². The van der Waals surface area contributed by atoms with Gasteiger partial charge >= 0.3 is 11.8 Å². The van der Waals surface area contributed by atoms with Crippen molar-refractivity contribution in [3.8, 4) is 17.2 Å². The number of ketones is 1. The van der Waals surface area contributed by atoms with E-state index in [9.17, 15) is 39.6 Å². The molecule has 2 saturated heterocycles. The smallest absolute Gasteiger partial charge is 0.315 e. The summed E-state index contributed by atoms with van der Waals surface area (Å²) in [5, 5.41) is 54.8. The number of amides is 2. The third-order valence-electron chi connectivity index (χ3n) is 15.8. The van der Waals surface area contributed by atoms with Crippen LogP contribution >= 0.6 is 0 Å². The van der Waals surface area contributed by atoms with E-state index in [0.29, 0.717) is 63.5 Å². The average molecular weight is 1020 g/mol. The predicted molar refractivity (Wildman–Crippen MR) is 280 cm³/mol. The van der Waals surface area contributed by atoms with Crippen molar-refractivity contribution in [2.45, 2.75) is 137 Å². The summed E-state index contributed by atoms with van der Waals surface area (Å²) >= 11 is 0. The van der Waals surface area contributed by atoms with Gasteiger partial charge in [0.05, 0.1) is 35.1 Å². The summed E-state index contributed by atoms with van der Waals surface area (Å²) in [6.07, 6.45) is 6.96. The van der Waals surface area contributed by atoms with Crippen LogP contribution in [-0.4, -0.2) is 122 Å². The predicted octanol–water partition coefficient (Wildman–Crippen LogP) is 6.60. The molecule has 17 nitrogen and oxygen atoms in total. The number of aromatic hydroxyl groups is 2. The maximum Gasteiger partial charge on any atom is 0.315 e. The molecule has 6 aliphatic rings. The molecule has 0 unspecified atom stereocenters. The zero-order valence-electron chi connectivity index (χ0n) is 44.2. The molecule has 0 radical (unpaired) electrons. The molecule has 0 aromatic heterocycles. The van der Waals surface area contributed by atoms with Crippen molar-refractivity contribution < 1.29 is 53.8 Å². The molecule has 9 rings (SSSR count). The fourth-order valence-corrected chi connectivity index (χ4v) is 11.2. The number of benzene rings is 3. The SMILES string of the molecule is C/C1=C/C=C/[C@H](C)[C@H](O)[C@@H](C)[C@@H](O)[C@@H](C)[C@H](OC(=O)CC(=O)N2CCC(Nc3ccccc3)CC2)[C@H](C)C/C=C/O[C@@]2(C)Oc3c(C)c(O)c4c(O)c(c5c(c4c3C2=O)NC2(CCN(CC(C)C)CC2)N=5)=NC1=O. The largest absolute Gasteiger partial charge is 0.507 e. The van der Waals surface area contributed by atoms with E-state index < -0.39 is 83.3 Å². The first kappa shape index (κ1) is 54.0. The van der Waals surface area contributed by atoms with Crippen molar-refractivity contribution in [2.24, 2.45) is 39.6 Å². The number of anilines is 2. The van der Waals surface area contributed by atoms with Crippen molar-refractivity contribution in [3.63, 3.8) is 0 Å². The number of likely N-dealkylation sites (tertiary alicyclic amines) is 2. The summed E-state index contributed by atoms with van der Waals surface area (Å²) in [6, 6.07) is 10.1. The Labute approximate surface area is 433 Å². The summed E-state index contributed by atoms with van der Waals surface area (Å²) in [7, 11) is 0. The number of hydrogen-bond acceptors (Lipinski definition) is 15. The van der Waals surface area contributed by atoms with Crippen molar-refractivity contribution in [2.75, 3.05) is 43.4 Å². The number of phenolic OH excluding ortho intramolecular Hbond substituents is 2. The Morgan fingerprint density at radius 1 is 0.932 bits per heavy atom. The van der Waals surface area contributed by atoms with Crippen molar-refractivity contribution in [3.05, 3.63) is 88.3 Å². The van der Waals surface area contributed by atoms with Crippen LogP contribution in [0.3, 0.4) is 0 Å². The number of ether oxygens (including phenoxy) is 3. The Morgan fingerprint density at radius 2 is 1.62 bits per heavy atom. The van der Waals surface area contributed by atoms with Crippen LogP contribution < -0.4 is 26.1 Å². The number of piperidine rings is 2. The molecule has 3 aromatic carbocycles. The number of esters is 1. The molecule has 1 spiro atoms. The fourth-order valence-electron chi connectivity index (χ4n) is 11.2. The summed E-state index contributed by atoms with van der Waals surface area (Å²) in [5.41, 5.74) is 0.867. The molecule has 5 bridgehead atoms. The van der Waals surface area contributed by atoms with Crippen LogP contribution in [0.5, 0.6) is 17.2 Å². The van der Waals surface area contributed by atoms with Gasteiger partial charge in [0, 0.05) is 98.5 Å². The lowest BCUT2D eigenvalue weighted by Gasteiger charge is -2.38. The minimum atomic E-state index is -1.95. The van der Waals surface area contributed by atoms with Crippen LogP contribution in [0.25, 0.3) is 10.8 Å². The second kappa shape index (κ2) is 21.9. The van der Waals surface area contributed by atoms with Gasteiger partial charge in [-0.15, -0.1) is 0 Å². The highest BCUT2D eigenvalue weighted by atomic mass is 16.7. The van der Waals surface area contributed by atoms with Crippen molar-refractivity contribution in [1.29, 1.82) is 0 Å². The fraction of sp³-hybridized carbons (Fsp3) is 0.544. The van der Waals surface area contributed by atoms with Gasteiger partial charge in [0.25, 0.3) is 11.7 Å². The van der Waals surface area contributed by atoms with Gasteiger partial charge < -0.3 is 55.1 Å². The van der Waals surface area contributed by atoms with Crippen LogP contribution in [0.15, 0.2) is 76.5 Å². The number of fused-ring (bicyclic) bond motifs is 13. The molecule has 8 atom stereocenters. The monoisotopic (exact) mass is 1020 g/mol. The van der Waals surface area contributed by atoms with E-state index in [1.165, 1.54) is 19.3 Å². The van der Waals surface area contributed by atoms with Gasteiger partial charge in [-0.05, 0) is 63.2 Å². The highest BCUT2D eigenvalue weighted by molar-refractivity contribution is 6.21. The number of aliphatic hydroxyl groups excluding tert-OH is 2. The Kier molecular flexibility index (Phi) is 16.0. The molecule has 0 saturated carbocycles. The molecule has 6 aliphatic heterocycles. The zero-order valence-corrected chi connectivity index (χ0v) is 44.2. The molecule has 74 heavy (non-hydrogen) atoms. The lowest BCUT2D eigenvalue weighted by molar-refractivity contribution is -0.162. The lowest BCUT2D eigenvalue weighted by atomic mass is 9.79. The number of phenols is 2. The number of rotatable bonds is 7. The third kappa shape index (κ3) is 10.9. The Hall–Kier alpha value is -6.30. The second-order valence-electron chi connectivity index (χ2n) is 21.9. The highest BCUT2D eigenvalue weighted by Crippen LogP contribution is 2.51. The van der Waals surface area contributed by atoms with E-state index in [2.05, 4.69) is 34.4 Å². The topological polar surface area (TPSA) is 232 Å². The van der Waals surface area contributed by atoms with Crippen molar-refractivity contribution in [1.82, 2.24) is 9.80 Å². The minimum Gasteiger partial charge on any atom is -0.507 e. The summed E-state index contributed by atoms with van der Waals surface area (Å²) in [4.78, 5) is 69.8.